The first-order chi connectivity index (χ1) is 15.3. The third kappa shape index (κ3) is 6.20. The van der Waals surface area contributed by atoms with Crippen molar-refractivity contribution in [2.75, 3.05) is 30.9 Å². The molecule has 176 valence electrons. The second-order valence-corrected chi connectivity index (χ2v) is 9.89. The summed E-state index contributed by atoms with van der Waals surface area (Å²) in [6.07, 6.45) is 1.98. The molecule has 3 heterocycles. The van der Waals surface area contributed by atoms with Crippen LogP contribution < -0.4 is 9.64 Å². The monoisotopic (exact) mass is 472 g/mol. The zero-order chi connectivity index (χ0) is 22.7. The maximum Gasteiger partial charge on any atom is 0.389 e. The normalized spacial score (nSPS) is 22.7. The summed E-state index contributed by atoms with van der Waals surface area (Å²) >= 11 is 0. The fourth-order valence-corrected chi connectivity index (χ4v) is 4.83. The van der Waals surface area contributed by atoms with Gasteiger partial charge in [0, 0.05) is 38.0 Å². The van der Waals surface area contributed by atoms with E-state index in [0.717, 1.165) is 32.4 Å². The van der Waals surface area contributed by atoms with Crippen LogP contribution in [0.2, 0.25) is 0 Å². The average molecular weight is 473 g/mol. The number of hydrogen-bond donors (Lipinski definition) is 0. The molecule has 0 radical (unpaired) electrons. The van der Waals surface area contributed by atoms with Gasteiger partial charge in [0.25, 0.3) is 5.95 Å². The Kier molecular flexibility index (Phi) is 7.02. The van der Waals surface area contributed by atoms with E-state index < -0.39 is 23.4 Å². The van der Waals surface area contributed by atoms with E-state index in [2.05, 4.69) is 15.1 Å². The Morgan fingerprint density at radius 3 is 2.72 bits per heavy atom. The number of ether oxygens (including phenoxy) is 1. The maximum atomic E-state index is 12.3. The van der Waals surface area contributed by atoms with E-state index in [1.807, 2.05) is 4.90 Å². The molecule has 2 aromatic rings. The number of hydrogen-bond acceptors (Lipinski definition) is 7. The van der Waals surface area contributed by atoms with Crippen LogP contribution in [-0.2, 0) is 17.2 Å². The van der Waals surface area contributed by atoms with Gasteiger partial charge >= 0.3 is 6.18 Å². The molecule has 32 heavy (non-hydrogen) atoms. The highest BCUT2D eigenvalue weighted by Gasteiger charge is 2.43. The number of pyridine rings is 1. The second kappa shape index (κ2) is 9.76. The van der Waals surface area contributed by atoms with Crippen LogP contribution in [0.1, 0.15) is 38.0 Å². The predicted octanol–water partition coefficient (Wildman–Crippen LogP) is 4.02. The summed E-state index contributed by atoms with van der Waals surface area (Å²) in [5.41, 5.74) is 0. The Hall–Kier alpha value is -2.17. The zero-order valence-electron chi connectivity index (χ0n) is 17.9. The molecule has 0 amide bonds. The third-order valence-electron chi connectivity index (χ3n) is 6.26. The largest absolute Gasteiger partial charge is 0.478 e. The molecule has 2 fully saturated rings. The van der Waals surface area contributed by atoms with Gasteiger partial charge < -0.3 is 14.2 Å². The quantitative estimate of drug-likeness (QED) is 0.545. The first-order valence-electron chi connectivity index (χ1n) is 10.8. The van der Waals surface area contributed by atoms with Crippen LogP contribution in [0.25, 0.3) is 0 Å². The van der Waals surface area contributed by atoms with Crippen molar-refractivity contribution >= 4 is 16.7 Å². The molecule has 0 bridgehead atoms. The van der Waals surface area contributed by atoms with Crippen LogP contribution >= 0.6 is 0 Å². The van der Waals surface area contributed by atoms with Crippen molar-refractivity contribution in [3.8, 4) is 5.88 Å². The molecule has 1 saturated heterocycles. The van der Waals surface area contributed by atoms with Gasteiger partial charge in [-0.15, -0.1) is 0 Å². The van der Waals surface area contributed by atoms with Crippen molar-refractivity contribution in [1.82, 2.24) is 15.1 Å². The molecule has 2 aliphatic rings. The molecule has 3 atom stereocenters. The number of alkyl halides is 3. The number of anilines is 1. The Bertz CT molecular complexity index is 914. The molecule has 2 aromatic heterocycles. The zero-order valence-corrected chi connectivity index (χ0v) is 18.7. The standard InChI is InChI=1S/C21H27F3N4O3S/c1-32(29)16-2-3-18(25-13-16)30-11-7-15-12-17(15)14-5-9-28(10-6-14)20-26-19(31-27-20)4-8-21(22,23)24/h2-3,13-15,17H,4-12H2,1H3/t15-,17-,32?/m1/s1. The minimum atomic E-state index is -4.23. The van der Waals surface area contributed by atoms with Crippen molar-refractivity contribution in [1.29, 1.82) is 0 Å². The number of piperidine rings is 1. The minimum absolute atomic E-state index is 0.0359. The lowest BCUT2D eigenvalue weighted by atomic mass is 9.90. The fourth-order valence-electron chi connectivity index (χ4n) is 4.37. The average Bonchev–Trinajstić information content (AvgIpc) is 3.37. The summed E-state index contributed by atoms with van der Waals surface area (Å²) in [6, 6.07) is 3.53. The van der Waals surface area contributed by atoms with Gasteiger partial charge in [-0.1, -0.05) is 0 Å². The van der Waals surface area contributed by atoms with Crippen molar-refractivity contribution in [3.63, 3.8) is 0 Å². The molecular weight excluding hydrogens is 445 g/mol. The molecule has 1 aliphatic carbocycles. The van der Waals surface area contributed by atoms with Crippen LogP contribution in [0.5, 0.6) is 5.88 Å². The summed E-state index contributed by atoms with van der Waals surface area (Å²) in [5.74, 6) is 2.99. The highest BCUT2D eigenvalue weighted by molar-refractivity contribution is 7.84. The summed E-state index contributed by atoms with van der Waals surface area (Å²) in [7, 11) is -1.04. The number of aryl methyl sites for hydroxylation is 1. The smallest absolute Gasteiger partial charge is 0.389 e. The van der Waals surface area contributed by atoms with E-state index in [-0.39, 0.29) is 12.3 Å². The van der Waals surface area contributed by atoms with E-state index >= 15 is 0 Å². The molecule has 4 rings (SSSR count). The molecular formula is C21H27F3N4O3S. The van der Waals surface area contributed by atoms with Crippen molar-refractivity contribution in [2.24, 2.45) is 17.8 Å². The summed E-state index contributed by atoms with van der Waals surface area (Å²) < 4.78 is 59.1. The predicted molar refractivity (Wildman–Crippen MR) is 112 cm³/mol. The molecule has 0 spiro atoms. The Balaban J connectivity index is 1.15. The first-order valence-corrected chi connectivity index (χ1v) is 12.4. The van der Waals surface area contributed by atoms with E-state index in [1.165, 1.54) is 6.42 Å². The lowest BCUT2D eigenvalue weighted by molar-refractivity contribution is -0.134. The van der Waals surface area contributed by atoms with Crippen LogP contribution in [0, 0.1) is 17.8 Å². The van der Waals surface area contributed by atoms with E-state index in [9.17, 15) is 17.4 Å². The third-order valence-corrected chi connectivity index (χ3v) is 7.17. The van der Waals surface area contributed by atoms with Gasteiger partial charge in [0.2, 0.25) is 11.8 Å². The van der Waals surface area contributed by atoms with E-state index in [0.29, 0.717) is 41.1 Å². The highest BCUT2D eigenvalue weighted by Crippen LogP contribution is 2.49. The fraction of sp³-hybridized carbons (Fsp3) is 0.667. The Labute approximate surface area is 187 Å². The molecule has 1 unspecified atom stereocenters. The second-order valence-electron chi connectivity index (χ2n) is 8.51. The van der Waals surface area contributed by atoms with Crippen LogP contribution in [-0.4, -0.2) is 51.5 Å². The minimum Gasteiger partial charge on any atom is -0.478 e. The van der Waals surface area contributed by atoms with E-state index in [4.69, 9.17) is 9.26 Å². The first kappa shape index (κ1) is 23.0. The van der Waals surface area contributed by atoms with Crippen molar-refractivity contribution < 1.29 is 26.6 Å². The Morgan fingerprint density at radius 1 is 1.28 bits per heavy atom. The SMILES string of the molecule is CS(=O)c1ccc(OCC[C@@H]2C[C@@H]2C2CCN(c3noc(CCC(F)(F)F)n3)CC2)nc1. The molecule has 11 heteroatoms. The van der Waals surface area contributed by atoms with Gasteiger partial charge in [0.05, 0.1) is 28.7 Å². The molecule has 1 aliphatic heterocycles. The lowest BCUT2D eigenvalue weighted by Gasteiger charge is -2.31. The van der Waals surface area contributed by atoms with Crippen molar-refractivity contribution in [2.45, 2.75) is 49.6 Å². The topological polar surface area (TPSA) is 81.4 Å². The Morgan fingerprint density at radius 2 is 2.06 bits per heavy atom. The number of nitrogens with zero attached hydrogens (tertiary/aromatic N) is 4. The number of aromatic nitrogens is 3. The van der Waals surface area contributed by atoms with Crippen LogP contribution in [0.4, 0.5) is 19.1 Å². The van der Waals surface area contributed by atoms with Gasteiger partial charge in [-0.05, 0) is 54.7 Å². The van der Waals surface area contributed by atoms with Crippen LogP contribution in [0.15, 0.2) is 27.7 Å². The molecule has 0 N–H and O–H groups in total. The van der Waals surface area contributed by atoms with Gasteiger partial charge in [0.1, 0.15) is 0 Å². The molecule has 7 nitrogen and oxygen atoms in total. The summed E-state index contributed by atoms with van der Waals surface area (Å²) in [5, 5.41) is 3.86. The van der Waals surface area contributed by atoms with Gasteiger partial charge in [-0.3, -0.25) is 4.21 Å². The summed E-state index contributed by atoms with van der Waals surface area (Å²) in [4.78, 5) is 11.0. The molecule has 1 saturated carbocycles. The maximum absolute atomic E-state index is 12.3. The molecule has 0 aromatic carbocycles. The van der Waals surface area contributed by atoms with Crippen molar-refractivity contribution in [3.05, 3.63) is 24.2 Å². The number of rotatable bonds is 9. The van der Waals surface area contributed by atoms with Gasteiger partial charge in [-0.2, -0.15) is 18.2 Å². The van der Waals surface area contributed by atoms with E-state index in [1.54, 1.807) is 24.6 Å². The van der Waals surface area contributed by atoms with Crippen LogP contribution in [0.3, 0.4) is 0 Å². The van der Waals surface area contributed by atoms with Gasteiger partial charge in [-0.25, -0.2) is 4.98 Å². The summed E-state index contributed by atoms with van der Waals surface area (Å²) in [6.45, 7) is 2.19. The highest BCUT2D eigenvalue weighted by atomic mass is 32.2. The van der Waals surface area contributed by atoms with Gasteiger partial charge in [0.15, 0.2) is 0 Å². The lowest BCUT2D eigenvalue weighted by Crippen LogP contribution is -2.35. The number of halogens is 3.